The van der Waals surface area contributed by atoms with Gasteiger partial charge in [0, 0.05) is 18.6 Å². The predicted octanol–water partition coefficient (Wildman–Crippen LogP) is 1.14. The van der Waals surface area contributed by atoms with Gasteiger partial charge in [-0.25, -0.2) is 0 Å². The Morgan fingerprint density at radius 1 is 1.50 bits per heavy atom. The molecule has 1 saturated heterocycles. The number of carbonyl (C=O) groups excluding carboxylic acids is 1. The van der Waals surface area contributed by atoms with Gasteiger partial charge in [-0.3, -0.25) is 4.79 Å². The zero-order chi connectivity index (χ0) is 10.1. The zero-order valence-electron chi connectivity index (χ0n) is 9.12. The molecule has 80 valence electrons. The van der Waals surface area contributed by atoms with Crippen LogP contribution in [-0.2, 0) is 4.79 Å². The van der Waals surface area contributed by atoms with Gasteiger partial charge in [-0.15, -0.1) is 0 Å². The fourth-order valence-corrected chi connectivity index (χ4v) is 2.05. The van der Waals surface area contributed by atoms with Crippen molar-refractivity contribution in [1.82, 2.24) is 10.2 Å². The molecule has 14 heavy (non-hydrogen) atoms. The van der Waals surface area contributed by atoms with E-state index in [1.54, 1.807) is 0 Å². The molecule has 2 unspecified atom stereocenters. The Morgan fingerprint density at radius 2 is 2.21 bits per heavy atom. The molecule has 3 nitrogen and oxygen atoms in total. The summed E-state index contributed by atoms with van der Waals surface area (Å²) in [4.78, 5) is 14.0. The van der Waals surface area contributed by atoms with Gasteiger partial charge in [0.15, 0.2) is 0 Å². The van der Waals surface area contributed by atoms with Gasteiger partial charge >= 0.3 is 0 Å². The lowest BCUT2D eigenvalue weighted by Gasteiger charge is -2.23. The SMILES string of the molecule is CCC(C)N1CCC(NC2CC2)C1=O. The van der Waals surface area contributed by atoms with Crippen molar-refractivity contribution in [2.24, 2.45) is 0 Å². The summed E-state index contributed by atoms with van der Waals surface area (Å²) in [5.74, 6) is 0.325. The number of nitrogens with zero attached hydrogens (tertiary/aromatic N) is 1. The van der Waals surface area contributed by atoms with Crippen molar-refractivity contribution in [3.8, 4) is 0 Å². The summed E-state index contributed by atoms with van der Waals surface area (Å²) in [6, 6.07) is 1.17. The maximum absolute atomic E-state index is 11.9. The highest BCUT2D eigenvalue weighted by Crippen LogP contribution is 2.23. The Kier molecular flexibility index (Phi) is 2.77. The first-order valence-electron chi connectivity index (χ1n) is 5.79. The number of amides is 1. The van der Waals surface area contributed by atoms with E-state index in [0.29, 0.717) is 18.0 Å². The summed E-state index contributed by atoms with van der Waals surface area (Å²) < 4.78 is 0. The van der Waals surface area contributed by atoms with Crippen LogP contribution in [-0.4, -0.2) is 35.5 Å². The molecule has 2 aliphatic rings. The van der Waals surface area contributed by atoms with Crippen LogP contribution < -0.4 is 5.32 Å². The van der Waals surface area contributed by atoms with Crippen molar-refractivity contribution in [2.75, 3.05) is 6.54 Å². The number of hydrogen-bond donors (Lipinski definition) is 1. The monoisotopic (exact) mass is 196 g/mol. The van der Waals surface area contributed by atoms with E-state index in [0.717, 1.165) is 19.4 Å². The Labute approximate surface area is 85.8 Å². The maximum atomic E-state index is 11.9. The number of carbonyl (C=O) groups is 1. The van der Waals surface area contributed by atoms with E-state index in [-0.39, 0.29) is 6.04 Å². The van der Waals surface area contributed by atoms with Gasteiger partial charge in [-0.05, 0) is 32.6 Å². The number of hydrogen-bond acceptors (Lipinski definition) is 2. The summed E-state index contributed by atoms with van der Waals surface area (Å²) in [5, 5.41) is 3.42. The lowest BCUT2D eigenvalue weighted by Crippen LogP contribution is -2.42. The molecule has 1 N–H and O–H groups in total. The molecule has 1 amide bonds. The van der Waals surface area contributed by atoms with Gasteiger partial charge in [0.05, 0.1) is 6.04 Å². The molecule has 1 saturated carbocycles. The molecule has 0 aromatic carbocycles. The van der Waals surface area contributed by atoms with Crippen LogP contribution in [0.2, 0.25) is 0 Å². The van der Waals surface area contributed by atoms with Gasteiger partial charge in [0.2, 0.25) is 5.91 Å². The van der Waals surface area contributed by atoms with Gasteiger partial charge in [0.1, 0.15) is 0 Å². The fourth-order valence-electron chi connectivity index (χ4n) is 2.05. The first-order valence-corrected chi connectivity index (χ1v) is 5.79. The van der Waals surface area contributed by atoms with Crippen molar-refractivity contribution in [1.29, 1.82) is 0 Å². The number of rotatable bonds is 4. The van der Waals surface area contributed by atoms with Crippen LogP contribution in [0.5, 0.6) is 0 Å². The number of nitrogens with one attached hydrogen (secondary N) is 1. The topological polar surface area (TPSA) is 32.3 Å². The van der Waals surface area contributed by atoms with E-state index >= 15 is 0 Å². The van der Waals surface area contributed by atoms with E-state index in [2.05, 4.69) is 19.2 Å². The molecule has 0 bridgehead atoms. The van der Waals surface area contributed by atoms with E-state index < -0.39 is 0 Å². The first-order chi connectivity index (χ1) is 6.72. The van der Waals surface area contributed by atoms with Crippen molar-refractivity contribution in [3.63, 3.8) is 0 Å². The molecule has 0 radical (unpaired) electrons. The minimum atomic E-state index is 0.122. The van der Waals surface area contributed by atoms with Crippen LogP contribution in [0, 0.1) is 0 Å². The third-order valence-corrected chi connectivity index (χ3v) is 3.38. The second-order valence-corrected chi connectivity index (χ2v) is 4.57. The minimum Gasteiger partial charge on any atom is -0.339 e. The minimum absolute atomic E-state index is 0.122. The van der Waals surface area contributed by atoms with Gasteiger partial charge in [0.25, 0.3) is 0 Å². The van der Waals surface area contributed by atoms with E-state index in [9.17, 15) is 4.79 Å². The molecule has 2 rings (SSSR count). The Hall–Kier alpha value is -0.570. The van der Waals surface area contributed by atoms with E-state index in [1.807, 2.05) is 4.90 Å². The van der Waals surface area contributed by atoms with Crippen molar-refractivity contribution in [2.45, 2.75) is 57.7 Å². The molecule has 1 aliphatic heterocycles. The van der Waals surface area contributed by atoms with Gasteiger partial charge in [-0.2, -0.15) is 0 Å². The van der Waals surface area contributed by atoms with Crippen LogP contribution in [0.3, 0.4) is 0 Å². The van der Waals surface area contributed by atoms with E-state index in [1.165, 1.54) is 12.8 Å². The molecule has 0 aromatic rings. The Balaban J connectivity index is 1.88. The highest BCUT2D eigenvalue weighted by Gasteiger charge is 2.36. The molecular formula is C11H20N2O. The van der Waals surface area contributed by atoms with Gasteiger partial charge < -0.3 is 10.2 Å². The quantitative estimate of drug-likeness (QED) is 0.731. The second-order valence-electron chi connectivity index (χ2n) is 4.57. The molecule has 1 heterocycles. The molecule has 1 aliphatic carbocycles. The summed E-state index contributed by atoms with van der Waals surface area (Å²) in [6.07, 6.45) is 4.57. The highest BCUT2D eigenvalue weighted by molar-refractivity contribution is 5.84. The smallest absolute Gasteiger partial charge is 0.240 e. The first kappa shape index (κ1) is 9.97. The molecule has 0 spiro atoms. The molecule has 3 heteroatoms. The highest BCUT2D eigenvalue weighted by atomic mass is 16.2. The lowest BCUT2D eigenvalue weighted by atomic mass is 10.2. The summed E-state index contributed by atoms with van der Waals surface area (Å²) in [7, 11) is 0. The third kappa shape index (κ3) is 1.92. The van der Waals surface area contributed by atoms with Crippen LogP contribution in [0.1, 0.15) is 39.5 Å². The summed E-state index contributed by atoms with van der Waals surface area (Å²) in [5.41, 5.74) is 0. The van der Waals surface area contributed by atoms with Crippen molar-refractivity contribution >= 4 is 5.91 Å². The summed E-state index contributed by atoms with van der Waals surface area (Å²) in [6.45, 7) is 5.22. The lowest BCUT2D eigenvalue weighted by molar-refractivity contribution is -0.131. The van der Waals surface area contributed by atoms with Crippen LogP contribution in [0.15, 0.2) is 0 Å². The molecular weight excluding hydrogens is 176 g/mol. The average molecular weight is 196 g/mol. The molecule has 2 atom stereocenters. The fraction of sp³-hybridized carbons (Fsp3) is 0.909. The normalized spacial score (nSPS) is 29.7. The van der Waals surface area contributed by atoms with Crippen LogP contribution >= 0.6 is 0 Å². The van der Waals surface area contributed by atoms with Crippen molar-refractivity contribution in [3.05, 3.63) is 0 Å². The van der Waals surface area contributed by atoms with E-state index in [4.69, 9.17) is 0 Å². The largest absolute Gasteiger partial charge is 0.339 e. The Bertz CT molecular complexity index is 225. The standard InChI is InChI=1S/C11H20N2O/c1-3-8(2)13-7-6-10(11(13)14)12-9-4-5-9/h8-10,12H,3-7H2,1-2H3. The van der Waals surface area contributed by atoms with Crippen LogP contribution in [0.4, 0.5) is 0 Å². The van der Waals surface area contributed by atoms with Crippen molar-refractivity contribution < 1.29 is 4.79 Å². The second kappa shape index (κ2) is 3.89. The van der Waals surface area contributed by atoms with Gasteiger partial charge in [-0.1, -0.05) is 6.92 Å². The Morgan fingerprint density at radius 3 is 2.79 bits per heavy atom. The maximum Gasteiger partial charge on any atom is 0.240 e. The average Bonchev–Trinajstić information content (AvgIpc) is 2.92. The molecule has 2 fully saturated rings. The molecule has 0 aromatic heterocycles. The van der Waals surface area contributed by atoms with Crippen LogP contribution in [0.25, 0.3) is 0 Å². The zero-order valence-corrected chi connectivity index (χ0v) is 9.12. The third-order valence-electron chi connectivity index (χ3n) is 3.38. The predicted molar refractivity (Wildman–Crippen MR) is 56.0 cm³/mol. The summed E-state index contributed by atoms with van der Waals surface area (Å²) >= 11 is 0. The number of likely N-dealkylation sites (tertiary alicyclic amines) is 1.